The Kier molecular flexibility index (Phi) is 6.45. The minimum absolute atomic E-state index is 0.0256. The van der Waals surface area contributed by atoms with Gasteiger partial charge in [0.1, 0.15) is 6.04 Å². The molecule has 1 heterocycles. The van der Waals surface area contributed by atoms with Crippen LogP contribution in [0.4, 0.5) is 0 Å². The van der Waals surface area contributed by atoms with Crippen molar-refractivity contribution in [1.29, 1.82) is 5.26 Å². The molecule has 1 amide bonds. The first kappa shape index (κ1) is 21.0. The molecule has 9 heteroatoms. The van der Waals surface area contributed by atoms with Gasteiger partial charge in [-0.25, -0.2) is 0 Å². The zero-order valence-corrected chi connectivity index (χ0v) is 17.2. The Balaban J connectivity index is 1.85. The van der Waals surface area contributed by atoms with E-state index in [1.165, 1.54) is 27.4 Å². The molecule has 0 spiro atoms. The minimum Gasteiger partial charge on any atom is -0.493 e. The number of hydrogen-bond donors (Lipinski definition) is 1. The number of benzene rings is 2. The summed E-state index contributed by atoms with van der Waals surface area (Å²) in [5.74, 6) is 0.919. The molecule has 30 heavy (non-hydrogen) atoms. The zero-order valence-electron chi connectivity index (χ0n) is 16.4. The quantitative estimate of drug-likeness (QED) is 0.606. The molecule has 1 atom stereocenters. The molecule has 3 rings (SSSR count). The van der Waals surface area contributed by atoms with Crippen LogP contribution in [0.1, 0.15) is 22.1 Å². The summed E-state index contributed by atoms with van der Waals surface area (Å²) in [6.45, 7) is 0. The highest BCUT2D eigenvalue weighted by Gasteiger charge is 2.22. The van der Waals surface area contributed by atoms with Crippen molar-refractivity contribution in [2.75, 3.05) is 21.3 Å². The Morgan fingerprint density at radius 3 is 2.40 bits per heavy atom. The predicted octanol–water partition coefficient (Wildman–Crippen LogP) is 4.02. The minimum atomic E-state index is -0.988. The zero-order chi connectivity index (χ0) is 21.7. The lowest BCUT2D eigenvalue weighted by Crippen LogP contribution is -2.28. The fourth-order valence-corrected chi connectivity index (χ4v) is 3.01. The lowest BCUT2D eigenvalue weighted by atomic mass is 10.1. The first-order chi connectivity index (χ1) is 14.5. The largest absolute Gasteiger partial charge is 0.493 e. The Hall–Kier alpha value is -3.70. The Morgan fingerprint density at radius 2 is 1.83 bits per heavy atom. The van der Waals surface area contributed by atoms with Crippen molar-refractivity contribution in [3.8, 4) is 34.6 Å². The number of carbonyl (C=O) groups excluding carboxylic acids is 1. The highest BCUT2D eigenvalue weighted by atomic mass is 35.5. The number of nitrogens with zero attached hydrogens (tertiary/aromatic N) is 2. The van der Waals surface area contributed by atoms with E-state index in [4.69, 9.17) is 30.3 Å². The first-order valence-corrected chi connectivity index (χ1v) is 9.11. The number of carbonyl (C=O) groups is 1. The molecule has 0 aliphatic carbocycles. The summed E-state index contributed by atoms with van der Waals surface area (Å²) in [4.78, 5) is 12.6. The molecule has 0 saturated heterocycles. The van der Waals surface area contributed by atoms with Gasteiger partial charge in [-0.3, -0.25) is 4.79 Å². The van der Waals surface area contributed by atoms with Gasteiger partial charge in [-0.1, -0.05) is 28.9 Å². The number of hydrogen-bond acceptors (Lipinski definition) is 7. The average molecular weight is 428 g/mol. The SMILES string of the molecule is COc1cc(C(C#N)NC(=O)c2cc(-c3cccc(Cl)c3)on2)cc(OC)c1OC. The standard InChI is InChI=1S/C21H18ClN3O5/c1-27-18-8-13(9-19(28-2)20(18)29-3)16(11-23)24-21(26)15-10-17(30-25-15)12-5-4-6-14(22)7-12/h4-10,16H,1-3H3,(H,24,26). The monoisotopic (exact) mass is 427 g/mol. The van der Waals surface area contributed by atoms with E-state index in [9.17, 15) is 10.1 Å². The van der Waals surface area contributed by atoms with E-state index in [-0.39, 0.29) is 5.69 Å². The van der Waals surface area contributed by atoms with Crippen molar-refractivity contribution >= 4 is 17.5 Å². The molecule has 0 saturated carbocycles. The molecule has 8 nitrogen and oxygen atoms in total. The van der Waals surface area contributed by atoms with Crippen molar-refractivity contribution in [2.45, 2.75) is 6.04 Å². The van der Waals surface area contributed by atoms with Crippen LogP contribution in [-0.4, -0.2) is 32.4 Å². The van der Waals surface area contributed by atoms with Gasteiger partial charge in [0.05, 0.1) is 27.4 Å². The smallest absolute Gasteiger partial charge is 0.274 e. The van der Waals surface area contributed by atoms with Gasteiger partial charge < -0.3 is 24.1 Å². The van der Waals surface area contributed by atoms with E-state index in [2.05, 4.69) is 10.5 Å². The number of rotatable bonds is 7. The Morgan fingerprint density at radius 1 is 1.13 bits per heavy atom. The summed E-state index contributed by atoms with van der Waals surface area (Å²) < 4.78 is 21.1. The molecular formula is C21H18ClN3O5. The number of nitriles is 1. The third-order valence-electron chi connectivity index (χ3n) is 4.28. The van der Waals surface area contributed by atoms with E-state index >= 15 is 0 Å². The first-order valence-electron chi connectivity index (χ1n) is 8.73. The molecule has 0 fully saturated rings. The summed E-state index contributed by atoms with van der Waals surface area (Å²) in [6, 6.07) is 12.7. The molecular weight excluding hydrogens is 410 g/mol. The van der Waals surface area contributed by atoms with Gasteiger partial charge in [-0.05, 0) is 29.8 Å². The van der Waals surface area contributed by atoms with Gasteiger partial charge in [0.2, 0.25) is 5.75 Å². The summed E-state index contributed by atoms with van der Waals surface area (Å²) in [5, 5.41) is 16.5. The lowest BCUT2D eigenvalue weighted by molar-refractivity contribution is 0.0936. The van der Waals surface area contributed by atoms with Crippen LogP contribution in [0.25, 0.3) is 11.3 Å². The van der Waals surface area contributed by atoms with Crippen LogP contribution in [0.5, 0.6) is 17.2 Å². The molecule has 0 aliphatic rings. The van der Waals surface area contributed by atoms with Gasteiger partial charge in [0, 0.05) is 16.7 Å². The Bertz CT molecular complexity index is 1080. The van der Waals surface area contributed by atoms with Gasteiger partial charge in [-0.2, -0.15) is 5.26 Å². The number of nitrogens with one attached hydrogen (secondary N) is 1. The average Bonchev–Trinajstić information content (AvgIpc) is 3.26. The van der Waals surface area contributed by atoms with Crippen molar-refractivity contribution in [2.24, 2.45) is 0 Å². The number of amides is 1. The van der Waals surface area contributed by atoms with E-state index in [1.54, 1.807) is 36.4 Å². The molecule has 1 unspecified atom stereocenters. The second kappa shape index (κ2) is 9.20. The number of methoxy groups -OCH3 is 3. The highest BCUT2D eigenvalue weighted by molar-refractivity contribution is 6.30. The van der Waals surface area contributed by atoms with E-state index in [0.29, 0.717) is 39.2 Å². The predicted molar refractivity (Wildman–Crippen MR) is 109 cm³/mol. The van der Waals surface area contributed by atoms with E-state index in [1.807, 2.05) is 6.07 Å². The molecule has 2 aromatic carbocycles. The summed E-state index contributed by atoms with van der Waals surface area (Å²) in [5.41, 5.74) is 1.16. The van der Waals surface area contributed by atoms with E-state index in [0.717, 1.165) is 0 Å². The molecule has 0 bridgehead atoms. The van der Waals surface area contributed by atoms with Crippen LogP contribution in [0.2, 0.25) is 5.02 Å². The second-order valence-electron chi connectivity index (χ2n) is 6.08. The van der Waals surface area contributed by atoms with Crippen LogP contribution in [0, 0.1) is 11.3 Å². The maximum absolute atomic E-state index is 12.6. The highest BCUT2D eigenvalue weighted by Crippen LogP contribution is 2.39. The molecule has 0 radical (unpaired) electrons. The molecule has 1 N–H and O–H groups in total. The van der Waals surface area contributed by atoms with Gasteiger partial charge >= 0.3 is 0 Å². The molecule has 0 aliphatic heterocycles. The van der Waals surface area contributed by atoms with E-state index < -0.39 is 11.9 Å². The third kappa shape index (κ3) is 4.31. The summed E-state index contributed by atoms with van der Waals surface area (Å²) in [6.07, 6.45) is 0. The summed E-state index contributed by atoms with van der Waals surface area (Å²) >= 11 is 5.98. The van der Waals surface area contributed by atoms with Gasteiger partial charge in [0.25, 0.3) is 5.91 Å². The maximum atomic E-state index is 12.6. The number of aromatic nitrogens is 1. The third-order valence-corrected chi connectivity index (χ3v) is 4.51. The molecule has 154 valence electrons. The fraction of sp³-hybridized carbons (Fsp3) is 0.190. The second-order valence-corrected chi connectivity index (χ2v) is 6.52. The molecule has 3 aromatic rings. The Labute approximate surface area is 177 Å². The molecule has 1 aromatic heterocycles. The van der Waals surface area contributed by atoms with Crippen molar-refractivity contribution < 1.29 is 23.5 Å². The number of halogens is 1. The normalized spacial score (nSPS) is 11.3. The van der Waals surface area contributed by atoms with Crippen LogP contribution in [0.3, 0.4) is 0 Å². The van der Waals surface area contributed by atoms with Crippen molar-refractivity contribution in [3.05, 3.63) is 58.7 Å². The summed E-state index contributed by atoms with van der Waals surface area (Å²) in [7, 11) is 4.41. The van der Waals surface area contributed by atoms with Crippen LogP contribution >= 0.6 is 11.6 Å². The van der Waals surface area contributed by atoms with Gasteiger partial charge in [0.15, 0.2) is 23.0 Å². The van der Waals surface area contributed by atoms with Crippen LogP contribution < -0.4 is 19.5 Å². The van der Waals surface area contributed by atoms with Crippen molar-refractivity contribution in [3.63, 3.8) is 0 Å². The van der Waals surface area contributed by atoms with Crippen LogP contribution in [0.15, 0.2) is 47.0 Å². The van der Waals surface area contributed by atoms with Crippen molar-refractivity contribution in [1.82, 2.24) is 10.5 Å². The van der Waals surface area contributed by atoms with Gasteiger partial charge in [-0.15, -0.1) is 0 Å². The maximum Gasteiger partial charge on any atom is 0.274 e. The number of ether oxygens (including phenoxy) is 3. The van der Waals surface area contributed by atoms with Crippen LogP contribution in [-0.2, 0) is 0 Å². The fourth-order valence-electron chi connectivity index (χ4n) is 2.82. The lowest BCUT2D eigenvalue weighted by Gasteiger charge is -2.17. The topological polar surface area (TPSA) is 107 Å².